The highest BCUT2D eigenvalue weighted by atomic mass is 79.9. The highest BCUT2D eigenvalue weighted by Crippen LogP contribution is 2.25. The van der Waals surface area contributed by atoms with Crippen LogP contribution < -0.4 is 0 Å². The van der Waals surface area contributed by atoms with Gasteiger partial charge in [0.2, 0.25) is 0 Å². The molecule has 0 heterocycles. The summed E-state index contributed by atoms with van der Waals surface area (Å²) in [6.07, 6.45) is 0. The van der Waals surface area contributed by atoms with E-state index in [-0.39, 0.29) is 0 Å². The molecule has 0 N–H and O–H groups in total. The van der Waals surface area contributed by atoms with Gasteiger partial charge in [-0.2, -0.15) is 12.6 Å². The Kier molecular flexibility index (Phi) is 3.08. The van der Waals surface area contributed by atoms with Gasteiger partial charge in [-0.05, 0) is 17.7 Å². The van der Waals surface area contributed by atoms with Gasteiger partial charge >= 0.3 is 0 Å². The molecule has 1 aromatic carbocycles. The molecular formula is C7H6BrClS. The first-order valence-electron chi connectivity index (χ1n) is 2.79. The topological polar surface area (TPSA) is 0 Å². The largest absolute Gasteiger partial charge is 0.174 e. The van der Waals surface area contributed by atoms with Crippen LogP contribution in [-0.2, 0) is 5.75 Å². The molecule has 0 aliphatic heterocycles. The van der Waals surface area contributed by atoms with E-state index in [9.17, 15) is 0 Å². The van der Waals surface area contributed by atoms with Gasteiger partial charge in [0.25, 0.3) is 0 Å². The molecule has 0 aromatic heterocycles. The second-order valence-electron chi connectivity index (χ2n) is 1.86. The third-order valence-corrected chi connectivity index (χ3v) is 2.63. The minimum Gasteiger partial charge on any atom is -0.174 e. The molecule has 10 heavy (non-hydrogen) atoms. The van der Waals surface area contributed by atoms with Crippen molar-refractivity contribution in [2.45, 2.75) is 5.75 Å². The molecule has 0 radical (unpaired) electrons. The zero-order chi connectivity index (χ0) is 7.56. The van der Waals surface area contributed by atoms with Gasteiger partial charge in [0, 0.05) is 15.2 Å². The highest BCUT2D eigenvalue weighted by Gasteiger charge is 2.00. The molecule has 3 heteroatoms. The summed E-state index contributed by atoms with van der Waals surface area (Å²) in [6, 6.07) is 5.72. The third-order valence-electron chi connectivity index (χ3n) is 1.22. The van der Waals surface area contributed by atoms with E-state index >= 15 is 0 Å². The Morgan fingerprint density at radius 1 is 1.50 bits per heavy atom. The van der Waals surface area contributed by atoms with E-state index in [1.54, 1.807) is 0 Å². The van der Waals surface area contributed by atoms with Crippen LogP contribution >= 0.6 is 40.2 Å². The van der Waals surface area contributed by atoms with Gasteiger partial charge in [0.1, 0.15) is 0 Å². The number of hydrogen-bond acceptors (Lipinski definition) is 1. The van der Waals surface area contributed by atoms with Crippen molar-refractivity contribution in [3.63, 3.8) is 0 Å². The Morgan fingerprint density at radius 3 is 2.60 bits per heavy atom. The highest BCUT2D eigenvalue weighted by molar-refractivity contribution is 9.10. The molecule has 0 amide bonds. The molecule has 0 nitrogen and oxygen atoms in total. The van der Waals surface area contributed by atoms with Gasteiger partial charge in [0.15, 0.2) is 0 Å². The van der Waals surface area contributed by atoms with Gasteiger partial charge in [-0.1, -0.05) is 33.6 Å². The minimum absolute atomic E-state index is 0.667. The van der Waals surface area contributed by atoms with E-state index in [0.29, 0.717) is 5.75 Å². The van der Waals surface area contributed by atoms with Crippen LogP contribution in [0.15, 0.2) is 22.7 Å². The van der Waals surface area contributed by atoms with E-state index < -0.39 is 0 Å². The Bertz CT molecular complexity index is 217. The predicted octanol–water partition coefficient (Wildman–Crippen LogP) is 3.53. The maximum absolute atomic E-state index is 5.85. The van der Waals surface area contributed by atoms with Crippen molar-refractivity contribution >= 4 is 40.2 Å². The number of hydrogen-bond donors (Lipinski definition) is 1. The molecule has 54 valence electrons. The van der Waals surface area contributed by atoms with Gasteiger partial charge in [0.05, 0.1) is 0 Å². The average molecular weight is 238 g/mol. The number of rotatable bonds is 1. The zero-order valence-electron chi connectivity index (χ0n) is 5.14. The first-order valence-corrected chi connectivity index (χ1v) is 4.60. The van der Waals surface area contributed by atoms with E-state index in [4.69, 9.17) is 11.6 Å². The number of thiol groups is 1. The quantitative estimate of drug-likeness (QED) is 0.710. The van der Waals surface area contributed by atoms with Crippen molar-refractivity contribution < 1.29 is 0 Å². The van der Waals surface area contributed by atoms with Crippen LogP contribution in [0.1, 0.15) is 5.56 Å². The number of benzene rings is 1. The molecule has 0 saturated carbocycles. The zero-order valence-corrected chi connectivity index (χ0v) is 8.38. The molecule has 1 aromatic rings. The summed E-state index contributed by atoms with van der Waals surface area (Å²) >= 11 is 13.4. The van der Waals surface area contributed by atoms with E-state index in [1.807, 2.05) is 18.2 Å². The van der Waals surface area contributed by atoms with Crippen LogP contribution in [0.5, 0.6) is 0 Å². The normalized spacial score (nSPS) is 9.90. The van der Waals surface area contributed by atoms with Crippen LogP contribution in [0.2, 0.25) is 5.02 Å². The molecular weight excluding hydrogens is 232 g/mol. The summed E-state index contributed by atoms with van der Waals surface area (Å²) in [5.74, 6) is 0.667. The maximum Gasteiger partial charge on any atom is 0.0457 e. The molecule has 1 rings (SSSR count). The Hall–Kier alpha value is 0.340. The molecule has 0 unspecified atom stereocenters. The summed E-state index contributed by atoms with van der Waals surface area (Å²) in [7, 11) is 0. The fourth-order valence-electron chi connectivity index (χ4n) is 0.683. The van der Waals surface area contributed by atoms with E-state index in [0.717, 1.165) is 15.1 Å². The van der Waals surface area contributed by atoms with Crippen molar-refractivity contribution in [2.24, 2.45) is 0 Å². The van der Waals surface area contributed by atoms with Crippen molar-refractivity contribution in [3.05, 3.63) is 33.3 Å². The van der Waals surface area contributed by atoms with Crippen molar-refractivity contribution in [2.75, 3.05) is 0 Å². The van der Waals surface area contributed by atoms with E-state index in [1.165, 1.54) is 0 Å². The molecule has 0 saturated heterocycles. The Labute approximate surface area is 79.1 Å². The summed E-state index contributed by atoms with van der Waals surface area (Å²) in [5.41, 5.74) is 1.05. The second-order valence-corrected chi connectivity index (χ2v) is 3.44. The molecule has 0 aliphatic carbocycles. The smallest absolute Gasteiger partial charge is 0.0457 e. The van der Waals surface area contributed by atoms with Crippen molar-refractivity contribution in [1.29, 1.82) is 0 Å². The minimum atomic E-state index is 0.667. The van der Waals surface area contributed by atoms with Gasteiger partial charge in [-0.25, -0.2) is 0 Å². The summed E-state index contributed by atoms with van der Waals surface area (Å²) in [6.45, 7) is 0. The summed E-state index contributed by atoms with van der Waals surface area (Å²) in [5, 5.41) is 0.768. The van der Waals surface area contributed by atoms with Crippen LogP contribution in [0, 0.1) is 0 Å². The van der Waals surface area contributed by atoms with Crippen LogP contribution in [0.25, 0.3) is 0 Å². The van der Waals surface area contributed by atoms with Crippen molar-refractivity contribution in [1.82, 2.24) is 0 Å². The van der Waals surface area contributed by atoms with Crippen LogP contribution in [-0.4, -0.2) is 0 Å². The van der Waals surface area contributed by atoms with Crippen molar-refractivity contribution in [3.8, 4) is 0 Å². The third kappa shape index (κ3) is 1.68. The van der Waals surface area contributed by atoms with Gasteiger partial charge < -0.3 is 0 Å². The van der Waals surface area contributed by atoms with E-state index in [2.05, 4.69) is 28.6 Å². The first-order chi connectivity index (χ1) is 4.75. The summed E-state index contributed by atoms with van der Waals surface area (Å²) < 4.78 is 1.02. The maximum atomic E-state index is 5.85. The molecule has 0 bridgehead atoms. The molecule has 0 spiro atoms. The monoisotopic (exact) mass is 236 g/mol. The molecule has 0 atom stereocenters. The SMILES string of the molecule is SCc1c(Cl)cccc1Br. The lowest BCUT2D eigenvalue weighted by Gasteiger charge is -2.01. The molecule has 0 aliphatic rings. The van der Waals surface area contributed by atoms with Crippen LogP contribution in [0.4, 0.5) is 0 Å². The number of halogens is 2. The van der Waals surface area contributed by atoms with Crippen LogP contribution in [0.3, 0.4) is 0 Å². The lowest BCUT2D eigenvalue weighted by atomic mass is 10.2. The second kappa shape index (κ2) is 3.65. The average Bonchev–Trinajstić information content (AvgIpc) is 1.88. The predicted molar refractivity (Wildman–Crippen MR) is 51.8 cm³/mol. The summed E-state index contributed by atoms with van der Waals surface area (Å²) in [4.78, 5) is 0. The fraction of sp³-hybridized carbons (Fsp3) is 0.143. The Morgan fingerprint density at radius 2 is 2.20 bits per heavy atom. The fourth-order valence-corrected chi connectivity index (χ4v) is 2.20. The molecule has 0 fully saturated rings. The Balaban J connectivity index is 3.17. The van der Waals surface area contributed by atoms with Gasteiger partial charge in [-0.3, -0.25) is 0 Å². The lowest BCUT2D eigenvalue weighted by molar-refractivity contribution is 1.39. The first kappa shape index (κ1) is 8.44. The lowest BCUT2D eigenvalue weighted by Crippen LogP contribution is -1.80. The standard InChI is InChI=1S/C7H6BrClS/c8-6-2-1-3-7(9)5(6)4-10/h1-3,10H,4H2. The van der Waals surface area contributed by atoms with Gasteiger partial charge in [-0.15, -0.1) is 0 Å².